The van der Waals surface area contributed by atoms with Crippen LogP contribution in [0.5, 0.6) is 0 Å². The molecule has 0 fully saturated rings. The minimum absolute atomic E-state index is 0.146. The van der Waals surface area contributed by atoms with Crippen LogP contribution in [0.1, 0.15) is 49.7 Å². The van der Waals surface area contributed by atoms with E-state index in [2.05, 4.69) is 48.4 Å². The molecular formula is C18H21ClN4. The van der Waals surface area contributed by atoms with Crippen molar-refractivity contribution in [2.45, 2.75) is 45.3 Å². The fourth-order valence-corrected chi connectivity index (χ4v) is 3.67. The fraction of sp³-hybridized carbons (Fsp3) is 0.389. The van der Waals surface area contributed by atoms with Crippen LogP contribution in [0.25, 0.3) is 10.9 Å². The Morgan fingerprint density at radius 1 is 1.35 bits per heavy atom. The average Bonchev–Trinajstić information content (AvgIpc) is 3.10. The van der Waals surface area contributed by atoms with Crippen LogP contribution >= 0.6 is 11.6 Å². The second-order valence-electron chi connectivity index (χ2n) is 6.76. The molecule has 120 valence electrons. The highest BCUT2D eigenvalue weighted by atomic mass is 35.5. The zero-order valence-corrected chi connectivity index (χ0v) is 14.4. The summed E-state index contributed by atoms with van der Waals surface area (Å²) in [5.74, 6) is 0. The third-order valence-corrected chi connectivity index (χ3v) is 4.87. The Morgan fingerprint density at radius 2 is 2.17 bits per heavy atom. The molecule has 0 bridgehead atoms. The van der Waals surface area contributed by atoms with Gasteiger partial charge in [-0.05, 0) is 44.9 Å². The molecule has 2 aromatic heterocycles. The van der Waals surface area contributed by atoms with Crippen molar-refractivity contribution >= 4 is 22.5 Å². The number of H-pyrrole nitrogens is 1. The summed E-state index contributed by atoms with van der Waals surface area (Å²) < 4.78 is 2.01. The molecular weight excluding hydrogens is 308 g/mol. The molecule has 1 aliphatic rings. The topological polar surface area (TPSA) is 45.6 Å². The van der Waals surface area contributed by atoms with E-state index in [1.165, 1.54) is 22.2 Å². The normalized spacial score (nSPS) is 21.1. The van der Waals surface area contributed by atoms with E-state index in [9.17, 15) is 0 Å². The number of fused-ring (bicyclic) bond motifs is 3. The van der Waals surface area contributed by atoms with Crippen LogP contribution in [0.2, 0.25) is 5.02 Å². The predicted octanol–water partition coefficient (Wildman–Crippen LogP) is 4.22. The Balaban J connectivity index is 1.85. The number of hydrogen-bond donors (Lipinski definition) is 2. The quantitative estimate of drug-likeness (QED) is 0.739. The lowest BCUT2D eigenvalue weighted by Gasteiger charge is -2.28. The van der Waals surface area contributed by atoms with E-state index in [-0.39, 0.29) is 6.04 Å². The van der Waals surface area contributed by atoms with Gasteiger partial charge in [-0.2, -0.15) is 5.10 Å². The molecule has 0 saturated heterocycles. The molecule has 2 unspecified atom stereocenters. The Morgan fingerprint density at radius 3 is 2.91 bits per heavy atom. The van der Waals surface area contributed by atoms with Crippen LogP contribution < -0.4 is 5.32 Å². The van der Waals surface area contributed by atoms with Gasteiger partial charge in [0.2, 0.25) is 0 Å². The molecule has 3 heterocycles. The number of halogens is 1. The predicted molar refractivity (Wildman–Crippen MR) is 94.1 cm³/mol. The number of nitrogens with one attached hydrogen (secondary N) is 2. The molecule has 4 nitrogen and oxygen atoms in total. The highest BCUT2D eigenvalue weighted by molar-refractivity contribution is 6.31. The lowest BCUT2D eigenvalue weighted by Crippen LogP contribution is -2.37. The maximum Gasteiger partial charge on any atom is 0.0765 e. The largest absolute Gasteiger partial charge is 0.357 e. The van der Waals surface area contributed by atoms with Crippen molar-refractivity contribution in [1.29, 1.82) is 0 Å². The highest BCUT2D eigenvalue weighted by Gasteiger charge is 2.29. The van der Waals surface area contributed by atoms with Crippen molar-refractivity contribution in [3.05, 3.63) is 52.4 Å². The van der Waals surface area contributed by atoms with Gasteiger partial charge in [-0.1, -0.05) is 17.7 Å². The monoisotopic (exact) mass is 328 g/mol. The first-order chi connectivity index (χ1) is 11.0. The zero-order valence-electron chi connectivity index (χ0n) is 13.6. The van der Waals surface area contributed by atoms with Crippen LogP contribution in [0.15, 0.2) is 30.6 Å². The van der Waals surface area contributed by atoms with Gasteiger partial charge in [0, 0.05) is 45.5 Å². The van der Waals surface area contributed by atoms with Crippen molar-refractivity contribution < 1.29 is 0 Å². The van der Waals surface area contributed by atoms with E-state index >= 15 is 0 Å². The fourth-order valence-electron chi connectivity index (χ4n) is 3.50. The summed E-state index contributed by atoms with van der Waals surface area (Å²) in [6.07, 6.45) is 5.13. The number of aromatic amines is 1. The van der Waals surface area contributed by atoms with Gasteiger partial charge in [0.25, 0.3) is 0 Å². The Hall–Kier alpha value is -1.78. The molecule has 4 rings (SSSR count). The first-order valence-corrected chi connectivity index (χ1v) is 8.51. The van der Waals surface area contributed by atoms with E-state index in [4.69, 9.17) is 11.6 Å². The van der Waals surface area contributed by atoms with Gasteiger partial charge in [-0.15, -0.1) is 0 Å². The number of hydrogen-bond acceptors (Lipinski definition) is 2. The molecule has 5 heteroatoms. The van der Waals surface area contributed by atoms with E-state index in [1.54, 1.807) is 0 Å². The molecule has 2 atom stereocenters. The van der Waals surface area contributed by atoms with Crippen molar-refractivity contribution in [3.63, 3.8) is 0 Å². The standard InChI is InChI=1S/C18H21ClN4/c1-10(2)23-9-12(8-20-23)17-18-15(6-11(3)21-17)14-5-4-13(19)7-16(14)22-18/h4-5,7-11,17,21-22H,6H2,1-3H3. The Labute approximate surface area is 140 Å². The summed E-state index contributed by atoms with van der Waals surface area (Å²) in [5.41, 5.74) is 4.94. The van der Waals surface area contributed by atoms with E-state index < -0.39 is 0 Å². The molecule has 0 saturated carbocycles. The van der Waals surface area contributed by atoms with Crippen LogP contribution in [0.4, 0.5) is 0 Å². The summed E-state index contributed by atoms with van der Waals surface area (Å²) in [4.78, 5) is 3.58. The van der Waals surface area contributed by atoms with E-state index in [0.29, 0.717) is 12.1 Å². The molecule has 0 amide bonds. The van der Waals surface area contributed by atoms with Crippen molar-refractivity contribution in [1.82, 2.24) is 20.1 Å². The maximum absolute atomic E-state index is 6.15. The number of nitrogens with zero attached hydrogens (tertiary/aromatic N) is 2. The number of aromatic nitrogens is 3. The SMILES string of the molecule is CC1Cc2c([nH]c3cc(Cl)ccc23)C(c2cnn(C(C)C)c2)N1. The molecule has 23 heavy (non-hydrogen) atoms. The van der Waals surface area contributed by atoms with Gasteiger partial charge in [-0.3, -0.25) is 4.68 Å². The maximum atomic E-state index is 6.15. The first kappa shape index (κ1) is 14.8. The third-order valence-electron chi connectivity index (χ3n) is 4.64. The van der Waals surface area contributed by atoms with Crippen LogP contribution in [0.3, 0.4) is 0 Å². The minimum Gasteiger partial charge on any atom is -0.357 e. The van der Waals surface area contributed by atoms with Crippen LogP contribution in [-0.4, -0.2) is 20.8 Å². The molecule has 0 spiro atoms. The van der Waals surface area contributed by atoms with Crippen molar-refractivity contribution in [2.75, 3.05) is 0 Å². The molecule has 1 aromatic carbocycles. The highest BCUT2D eigenvalue weighted by Crippen LogP contribution is 2.35. The van der Waals surface area contributed by atoms with E-state index in [1.807, 2.05) is 23.0 Å². The smallest absolute Gasteiger partial charge is 0.0765 e. The zero-order chi connectivity index (χ0) is 16.1. The number of rotatable bonds is 2. The summed E-state index contributed by atoms with van der Waals surface area (Å²) in [6, 6.07) is 7.03. The van der Waals surface area contributed by atoms with Crippen molar-refractivity contribution in [3.8, 4) is 0 Å². The second kappa shape index (κ2) is 5.39. The average molecular weight is 329 g/mol. The molecule has 1 aliphatic heterocycles. The minimum atomic E-state index is 0.146. The molecule has 2 N–H and O–H groups in total. The molecule has 0 radical (unpaired) electrons. The van der Waals surface area contributed by atoms with Gasteiger partial charge in [0.15, 0.2) is 0 Å². The van der Waals surface area contributed by atoms with Gasteiger partial charge >= 0.3 is 0 Å². The van der Waals surface area contributed by atoms with Gasteiger partial charge in [0.1, 0.15) is 0 Å². The summed E-state index contributed by atoms with van der Waals surface area (Å²) in [7, 11) is 0. The van der Waals surface area contributed by atoms with Crippen molar-refractivity contribution in [2.24, 2.45) is 0 Å². The lowest BCUT2D eigenvalue weighted by molar-refractivity contribution is 0.459. The van der Waals surface area contributed by atoms with E-state index in [0.717, 1.165) is 17.0 Å². The molecule has 0 aliphatic carbocycles. The Kier molecular flexibility index (Phi) is 3.47. The third kappa shape index (κ3) is 2.46. The Bertz CT molecular complexity index is 861. The van der Waals surface area contributed by atoms with Crippen LogP contribution in [0, 0.1) is 0 Å². The van der Waals surface area contributed by atoms with Gasteiger partial charge in [0.05, 0.1) is 12.2 Å². The van der Waals surface area contributed by atoms with Gasteiger partial charge < -0.3 is 10.3 Å². The summed E-state index contributed by atoms with van der Waals surface area (Å²) >= 11 is 6.15. The summed E-state index contributed by atoms with van der Waals surface area (Å²) in [5, 5.41) is 10.2. The molecule has 3 aromatic rings. The van der Waals surface area contributed by atoms with Gasteiger partial charge in [-0.25, -0.2) is 0 Å². The first-order valence-electron chi connectivity index (χ1n) is 8.13. The second-order valence-corrected chi connectivity index (χ2v) is 7.20. The van der Waals surface area contributed by atoms with Crippen LogP contribution in [-0.2, 0) is 6.42 Å². The number of benzene rings is 1. The summed E-state index contributed by atoms with van der Waals surface area (Å²) in [6.45, 7) is 6.52. The lowest BCUT2D eigenvalue weighted by atomic mass is 9.92.